The van der Waals surface area contributed by atoms with Gasteiger partial charge >= 0.3 is 0 Å². The molecule has 0 heteroatoms. The number of hydrogen-bond acceptors (Lipinski definition) is 0. The molecule has 0 aromatic heterocycles. The first-order valence-corrected chi connectivity index (χ1v) is 5.41. The van der Waals surface area contributed by atoms with Gasteiger partial charge in [-0.05, 0) is 38.5 Å². The standard InChI is InChI=1S/C14H24/c1-7-12(4)8-9-13(5)10-14(6)11(2)3/h7,9,12,14H,1-2,8,10H2,3-6H3. The van der Waals surface area contributed by atoms with Crippen molar-refractivity contribution < 1.29 is 0 Å². The molecule has 0 spiro atoms. The van der Waals surface area contributed by atoms with Crippen LogP contribution in [0.4, 0.5) is 0 Å². The first kappa shape index (κ1) is 13.2. The summed E-state index contributed by atoms with van der Waals surface area (Å²) in [6.07, 6.45) is 6.58. The van der Waals surface area contributed by atoms with E-state index >= 15 is 0 Å². The molecule has 2 unspecified atom stereocenters. The van der Waals surface area contributed by atoms with Crippen LogP contribution in [0.2, 0.25) is 0 Å². The van der Waals surface area contributed by atoms with Gasteiger partial charge in [-0.3, -0.25) is 0 Å². The van der Waals surface area contributed by atoms with Crippen LogP contribution in [0.25, 0.3) is 0 Å². The van der Waals surface area contributed by atoms with Crippen molar-refractivity contribution in [3.8, 4) is 0 Å². The van der Waals surface area contributed by atoms with Gasteiger partial charge in [0.2, 0.25) is 0 Å². The average molecular weight is 192 g/mol. The third-order valence-corrected chi connectivity index (χ3v) is 2.71. The van der Waals surface area contributed by atoms with Crippen LogP contribution in [-0.4, -0.2) is 0 Å². The fraction of sp³-hybridized carbons (Fsp3) is 0.571. The summed E-state index contributed by atoms with van der Waals surface area (Å²) in [7, 11) is 0. The molecule has 2 atom stereocenters. The highest BCUT2D eigenvalue weighted by Gasteiger charge is 2.03. The lowest BCUT2D eigenvalue weighted by atomic mass is 9.95. The Morgan fingerprint density at radius 1 is 1.29 bits per heavy atom. The Kier molecular flexibility index (Phi) is 6.27. The first-order valence-electron chi connectivity index (χ1n) is 5.41. The SMILES string of the molecule is C=CC(C)CC=C(C)CC(C)C(=C)C. The molecule has 0 saturated carbocycles. The van der Waals surface area contributed by atoms with Crippen molar-refractivity contribution in [2.75, 3.05) is 0 Å². The second-order valence-electron chi connectivity index (χ2n) is 4.45. The summed E-state index contributed by atoms with van der Waals surface area (Å²) < 4.78 is 0. The molecule has 0 bridgehead atoms. The van der Waals surface area contributed by atoms with Crippen LogP contribution in [0.15, 0.2) is 36.5 Å². The first-order chi connectivity index (χ1) is 6.47. The van der Waals surface area contributed by atoms with Crippen LogP contribution in [0.1, 0.15) is 40.5 Å². The van der Waals surface area contributed by atoms with Crippen LogP contribution in [0.3, 0.4) is 0 Å². The molecular formula is C14H24. The van der Waals surface area contributed by atoms with E-state index in [1.54, 1.807) is 0 Å². The van der Waals surface area contributed by atoms with E-state index in [2.05, 4.69) is 46.9 Å². The molecule has 14 heavy (non-hydrogen) atoms. The molecule has 0 aromatic carbocycles. The van der Waals surface area contributed by atoms with Crippen LogP contribution in [0, 0.1) is 11.8 Å². The van der Waals surface area contributed by atoms with E-state index in [1.807, 2.05) is 6.08 Å². The second kappa shape index (κ2) is 6.64. The highest BCUT2D eigenvalue weighted by atomic mass is 14.1. The molecule has 0 heterocycles. The Morgan fingerprint density at radius 3 is 2.29 bits per heavy atom. The highest BCUT2D eigenvalue weighted by Crippen LogP contribution is 2.18. The van der Waals surface area contributed by atoms with Crippen LogP contribution in [0.5, 0.6) is 0 Å². The normalized spacial score (nSPS) is 16.1. The summed E-state index contributed by atoms with van der Waals surface area (Å²) in [6.45, 7) is 16.5. The highest BCUT2D eigenvalue weighted by molar-refractivity contribution is 5.06. The van der Waals surface area contributed by atoms with E-state index in [0.29, 0.717) is 11.8 Å². The summed E-state index contributed by atoms with van der Waals surface area (Å²) in [4.78, 5) is 0. The summed E-state index contributed by atoms with van der Waals surface area (Å²) in [5.41, 5.74) is 2.74. The predicted molar refractivity (Wildman–Crippen MR) is 66.3 cm³/mol. The molecule has 0 nitrogen and oxygen atoms in total. The van der Waals surface area contributed by atoms with Crippen molar-refractivity contribution in [3.05, 3.63) is 36.5 Å². The Bertz CT molecular complexity index is 220. The summed E-state index contributed by atoms with van der Waals surface area (Å²) in [6, 6.07) is 0. The minimum Gasteiger partial charge on any atom is -0.103 e. The Balaban J connectivity index is 4.00. The molecule has 0 aliphatic heterocycles. The van der Waals surface area contributed by atoms with E-state index in [1.165, 1.54) is 11.1 Å². The zero-order valence-corrected chi connectivity index (χ0v) is 10.1. The van der Waals surface area contributed by atoms with E-state index in [-0.39, 0.29) is 0 Å². The minimum absolute atomic E-state index is 0.588. The molecule has 0 aromatic rings. The molecule has 0 aliphatic carbocycles. The molecule has 0 radical (unpaired) electrons. The number of allylic oxidation sites excluding steroid dienone is 4. The predicted octanol–water partition coefficient (Wildman–Crippen LogP) is 4.75. The molecule has 0 saturated heterocycles. The third-order valence-electron chi connectivity index (χ3n) is 2.71. The maximum absolute atomic E-state index is 3.98. The van der Waals surface area contributed by atoms with Crippen molar-refractivity contribution in [2.45, 2.75) is 40.5 Å². The Hall–Kier alpha value is -0.780. The maximum Gasteiger partial charge on any atom is -0.0200 e. The number of hydrogen-bond donors (Lipinski definition) is 0. The lowest BCUT2D eigenvalue weighted by molar-refractivity contribution is 0.665. The average Bonchev–Trinajstić information content (AvgIpc) is 2.13. The molecule has 0 amide bonds. The zero-order chi connectivity index (χ0) is 11.1. The summed E-state index contributed by atoms with van der Waals surface area (Å²) >= 11 is 0. The van der Waals surface area contributed by atoms with E-state index in [9.17, 15) is 0 Å². The third kappa shape index (κ3) is 5.80. The van der Waals surface area contributed by atoms with Crippen molar-refractivity contribution in [1.29, 1.82) is 0 Å². The van der Waals surface area contributed by atoms with Crippen LogP contribution in [-0.2, 0) is 0 Å². The van der Waals surface area contributed by atoms with Gasteiger partial charge in [0, 0.05) is 0 Å². The molecule has 0 aliphatic rings. The fourth-order valence-corrected chi connectivity index (χ4v) is 1.22. The maximum atomic E-state index is 3.98. The van der Waals surface area contributed by atoms with Gasteiger partial charge in [-0.15, -0.1) is 6.58 Å². The van der Waals surface area contributed by atoms with Crippen molar-refractivity contribution in [1.82, 2.24) is 0 Å². The summed E-state index contributed by atoms with van der Waals surface area (Å²) in [5.74, 6) is 1.19. The van der Waals surface area contributed by atoms with Crippen LogP contribution >= 0.6 is 0 Å². The van der Waals surface area contributed by atoms with Gasteiger partial charge in [-0.25, -0.2) is 0 Å². The molecular weight excluding hydrogens is 168 g/mol. The van der Waals surface area contributed by atoms with E-state index < -0.39 is 0 Å². The summed E-state index contributed by atoms with van der Waals surface area (Å²) in [5, 5.41) is 0. The molecule has 80 valence electrons. The number of rotatable bonds is 6. The van der Waals surface area contributed by atoms with Gasteiger partial charge in [0.1, 0.15) is 0 Å². The molecule has 0 N–H and O–H groups in total. The smallest absolute Gasteiger partial charge is 0.0200 e. The minimum atomic E-state index is 0.588. The Labute approximate surface area is 89.4 Å². The fourth-order valence-electron chi connectivity index (χ4n) is 1.22. The quantitative estimate of drug-likeness (QED) is 0.533. The van der Waals surface area contributed by atoms with Crippen molar-refractivity contribution >= 4 is 0 Å². The van der Waals surface area contributed by atoms with E-state index in [0.717, 1.165) is 12.8 Å². The zero-order valence-electron chi connectivity index (χ0n) is 10.1. The van der Waals surface area contributed by atoms with Gasteiger partial charge in [0.25, 0.3) is 0 Å². The van der Waals surface area contributed by atoms with Gasteiger partial charge in [-0.2, -0.15) is 0 Å². The van der Waals surface area contributed by atoms with Gasteiger partial charge < -0.3 is 0 Å². The van der Waals surface area contributed by atoms with Gasteiger partial charge in [0.05, 0.1) is 0 Å². The molecule has 0 rings (SSSR count). The monoisotopic (exact) mass is 192 g/mol. The lowest BCUT2D eigenvalue weighted by Gasteiger charge is -2.11. The van der Waals surface area contributed by atoms with Gasteiger partial charge in [0.15, 0.2) is 0 Å². The largest absolute Gasteiger partial charge is 0.103 e. The van der Waals surface area contributed by atoms with Crippen LogP contribution < -0.4 is 0 Å². The van der Waals surface area contributed by atoms with Crippen molar-refractivity contribution in [3.63, 3.8) is 0 Å². The Morgan fingerprint density at radius 2 is 1.86 bits per heavy atom. The van der Waals surface area contributed by atoms with E-state index in [4.69, 9.17) is 0 Å². The lowest BCUT2D eigenvalue weighted by Crippen LogP contribution is -1.96. The van der Waals surface area contributed by atoms with Gasteiger partial charge in [-0.1, -0.05) is 43.7 Å². The van der Waals surface area contributed by atoms with Crippen molar-refractivity contribution in [2.24, 2.45) is 11.8 Å². The second-order valence-corrected chi connectivity index (χ2v) is 4.45. The molecule has 0 fully saturated rings. The topological polar surface area (TPSA) is 0 Å².